The van der Waals surface area contributed by atoms with Crippen LogP contribution in [0.15, 0.2) is 54.6 Å². The van der Waals surface area contributed by atoms with Crippen LogP contribution < -0.4 is 5.32 Å². The third-order valence-corrected chi connectivity index (χ3v) is 5.40. The minimum Gasteiger partial charge on any atom is -0.340 e. The Hall–Kier alpha value is -2.95. The second-order valence-corrected chi connectivity index (χ2v) is 8.06. The van der Waals surface area contributed by atoms with Gasteiger partial charge in [0.05, 0.1) is 6.54 Å². The van der Waals surface area contributed by atoms with E-state index in [2.05, 4.69) is 17.4 Å². The van der Waals surface area contributed by atoms with Crippen molar-refractivity contribution < 1.29 is 14.4 Å². The molecule has 1 atom stereocenters. The summed E-state index contributed by atoms with van der Waals surface area (Å²) in [5.41, 5.74) is 2.94. The van der Waals surface area contributed by atoms with Crippen LogP contribution in [-0.2, 0) is 22.4 Å². The SMILES string of the molecule is CC(=O)CN(C(=O)C(NC(=O)c1ccccc1)C(C)C)C1Cc2ccccc2C1. The van der Waals surface area contributed by atoms with Crippen LogP contribution in [0, 0.1) is 5.92 Å². The normalized spacial score (nSPS) is 14.3. The topological polar surface area (TPSA) is 66.5 Å². The molecule has 0 heterocycles. The summed E-state index contributed by atoms with van der Waals surface area (Å²) in [5.74, 6) is -0.646. The molecule has 0 saturated carbocycles. The van der Waals surface area contributed by atoms with Crippen molar-refractivity contribution in [1.82, 2.24) is 10.2 Å². The van der Waals surface area contributed by atoms with Gasteiger partial charge in [0, 0.05) is 11.6 Å². The van der Waals surface area contributed by atoms with Crippen molar-refractivity contribution in [3.63, 3.8) is 0 Å². The number of ketones is 1. The Morgan fingerprint density at radius 1 is 0.966 bits per heavy atom. The van der Waals surface area contributed by atoms with Gasteiger partial charge < -0.3 is 10.2 Å². The molecule has 0 spiro atoms. The highest BCUT2D eigenvalue weighted by Crippen LogP contribution is 2.26. The van der Waals surface area contributed by atoms with E-state index >= 15 is 0 Å². The molecule has 0 bridgehead atoms. The lowest BCUT2D eigenvalue weighted by atomic mass is 10.00. The number of benzene rings is 2. The van der Waals surface area contributed by atoms with Crippen molar-refractivity contribution in [3.05, 3.63) is 71.3 Å². The third-order valence-electron chi connectivity index (χ3n) is 5.40. The summed E-state index contributed by atoms with van der Waals surface area (Å²) in [6, 6.07) is 16.2. The summed E-state index contributed by atoms with van der Waals surface area (Å²) in [6.45, 7) is 5.36. The van der Waals surface area contributed by atoms with E-state index in [9.17, 15) is 14.4 Å². The van der Waals surface area contributed by atoms with Gasteiger partial charge in [-0.2, -0.15) is 0 Å². The highest BCUT2D eigenvalue weighted by Gasteiger charge is 2.36. The maximum Gasteiger partial charge on any atom is 0.251 e. The van der Waals surface area contributed by atoms with Gasteiger partial charge in [0.15, 0.2) is 0 Å². The molecule has 1 aliphatic rings. The van der Waals surface area contributed by atoms with Crippen LogP contribution in [0.1, 0.15) is 42.3 Å². The molecule has 0 aromatic heterocycles. The maximum atomic E-state index is 13.5. The van der Waals surface area contributed by atoms with E-state index in [-0.39, 0.29) is 36.1 Å². The molecule has 2 aromatic rings. The number of fused-ring (bicyclic) bond motifs is 1. The number of hydrogen-bond donors (Lipinski definition) is 1. The van der Waals surface area contributed by atoms with E-state index < -0.39 is 6.04 Å². The van der Waals surface area contributed by atoms with Gasteiger partial charge in [-0.05, 0) is 48.9 Å². The number of Topliss-reactive ketones (excluding diaryl/α,β-unsaturated/α-hetero) is 1. The molecule has 0 fully saturated rings. The van der Waals surface area contributed by atoms with Gasteiger partial charge in [0.1, 0.15) is 11.8 Å². The molecule has 0 aliphatic heterocycles. The first kappa shape index (κ1) is 20.8. The number of hydrogen-bond acceptors (Lipinski definition) is 3. The lowest BCUT2D eigenvalue weighted by Crippen LogP contribution is -2.55. The molecule has 3 rings (SSSR count). The second kappa shape index (κ2) is 9.03. The van der Waals surface area contributed by atoms with E-state index in [0.29, 0.717) is 5.56 Å². The van der Waals surface area contributed by atoms with Gasteiger partial charge in [0.25, 0.3) is 5.91 Å². The van der Waals surface area contributed by atoms with Crippen molar-refractivity contribution in [1.29, 1.82) is 0 Å². The minimum atomic E-state index is -0.689. The largest absolute Gasteiger partial charge is 0.340 e. The van der Waals surface area contributed by atoms with Gasteiger partial charge in [-0.25, -0.2) is 0 Å². The van der Waals surface area contributed by atoms with Crippen molar-refractivity contribution >= 4 is 17.6 Å². The van der Waals surface area contributed by atoms with Crippen molar-refractivity contribution in [2.75, 3.05) is 6.54 Å². The summed E-state index contributed by atoms with van der Waals surface area (Å²) in [6.07, 6.45) is 1.46. The number of carbonyl (C=O) groups is 3. The predicted molar refractivity (Wildman–Crippen MR) is 113 cm³/mol. The van der Waals surface area contributed by atoms with Crippen LogP contribution >= 0.6 is 0 Å². The Bertz CT molecular complexity index is 867. The first-order valence-corrected chi connectivity index (χ1v) is 10.1. The maximum absolute atomic E-state index is 13.5. The first-order valence-electron chi connectivity index (χ1n) is 10.1. The van der Waals surface area contributed by atoms with Crippen molar-refractivity contribution in [2.24, 2.45) is 5.92 Å². The lowest BCUT2D eigenvalue weighted by molar-refractivity contribution is -0.139. The number of nitrogens with zero attached hydrogens (tertiary/aromatic N) is 1. The molecule has 1 N–H and O–H groups in total. The highest BCUT2D eigenvalue weighted by molar-refractivity contribution is 5.98. The van der Waals surface area contributed by atoms with Gasteiger partial charge in [-0.3, -0.25) is 14.4 Å². The number of carbonyl (C=O) groups excluding carboxylic acids is 3. The summed E-state index contributed by atoms with van der Waals surface area (Å²) in [7, 11) is 0. The van der Waals surface area contributed by atoms with Gasteiger partial charge in [-0.1, -0.05) is 56.3 Å². The molecule has 29 heavy (non-hydrogen) atoms. The zero-order valence-electron chi connectivity index (χ0n) is 17.2. The lowest BCUT2D eigenvalue weighted by Gasteiger charge is -2.33. The highest BCUT2D eigenvalue weighted by atomic mass is 16.2. The summed E-state index contributed by atoms with van der Waals surface area (Å²) < 4.78 is 0. The Labute approximate surface area is 172 Å². The quantitative estimate of drug-likeness (QED) is 0.788. The van der Waals surface area contributed by atoms with Crippen molar-refractivity contribution in [3.8, 4) is 0 Å². The molecular weight excluding hydrogens is 364 g/mol. The van der Waals surface area contributed by atoms with E-state index in [1.165, 1.54) is 18.1 Å². The first-order chi connectivity index (χ1) is 13.9. The minimum absolute atomic E-state index is 0.0575. The molecule has 1 unspecified atom stereocenters. The molecular formula is C24H28N2O3. The fraction of sp³-hybridized carbons (Fsp3) is 0.375. The van der Waals surface area contributed by atoms with Crippen LogP contribution in [0.5, 0.6) is 0 Å². The van der Waals surface area contributed by atoms with Crippen LogP contribution in [0.2, 0.25) is 0 Å². The molecule has 2 aromatic carbocycles. The average Bonchev–Trinajstić information content (AvgIpc) is 3.13. The summed E-state index contributed by atoms with van der Waals surface area (Å²) in [4.78, 5) is 39.8. The number of nitrogens with one attached hydrogen (secondary N) is 1. The van der Waals surface area contributed by atoms with Crippen LogP contribution in [0.4, 0.5) is 0 Å². The molecule has 0 saturated heterocycles. The Balaban J connectivity index is 1.81. The number of rotatable bonds is 7. The van der Waals surface area contributed by atoms with E-state index in [1.807, 2.05) is 32.0 Å². The molecule has 5 nitrogen and oxygen atoms in total. The standard InChI is InChI=1S/C24H28N2O3/c1-16(2)22(25-23(28)18-9-5-4-6-10-18)24(29)26(15-17(3)27)21-13-19-11-7-8-12-20(19)14-21/h4-12,16,21-22H,13-15H2,1-3H3,(H,25,28). The Morgan fingerprint density at radius 3 is 2.03 bits per heavy atom. The fourth-order valence-electron chi connectivity index (χ4n) is 3.89. The zero-order valence-corrected chi connectivity index (χ0v) is 17.2. The summed E-state index contributed by atoms with van der Waals surface area (Å²) >= 11 is 0. The average molecular weight is 392 g/mol. The molecule has 152 valence electrons. The predicted octanol–water partition coefficient (Wildman–Crippen LogP) is 3.03. The smallest absolute Gasteiger partial charge is 0.251 e. The summed E-state index contributed by atoms with van der Waals surface area (Å²) in [5, 5.41) is 2.89. The van der Waals surface area contributed by atoms with Crippen LogP contribution in [0.25, 0.3) is 0 Å². The van der Waals surface area contributed by atoms with E-state index in [4.69, 9.17) is 0 Å². The second-order valence-electron chi connectivity index (χ2n) is 8.06. The Morgan fingerprint density at radius 2 is 1.52 bits per heavy atom. The molecule has 2 amide bonds. The third kappa shape index (κ3) is 4.91. The van der Waals surface area contributed by atoms with Crippen LogP contribution in [0.3, 0.4) is 0 Å². The van der Waals surface area contributed by atoms with Crippen molar-refractivity contribution in [2.45, 2.75) is 45.7 Å². The van der Waals surface area contributed by atoms with Gasteiger partial charge >= 0.3 is 0 Å². The monoisotopic (exact) mass is 392 g/mol. The van der Waals surface area contributed by atoms with E-state index in [1.54, 1.807) is 29.2 Å². The molecule has 0 radical (unpaired) electrons. The van der Waals surface area contributed by atoms with E-state index in [0.717, 1.165) is 12.8 Å². The van der Waals surface area contributed by atoms with Gasteiger partial charge in [0.2, 0.25) is 5.91 Å². The molecule has 1 aliphatic carbocycles. The molecule has 5 heteroatoms. The fourth-order valence-corrected chi connectivity index (χ4v) is 3.89. The Kier molecular flexibility index (Phi) is 6.47. The van der Waals surface area contributed by atoms with Gasteiger partial charge in [-0.15, -0.1) is 0 Å². The van der Waals surface area contributed by atoms with Crippen LogP contribution in [-0.4, -0.2) is 41.1 Å². The number of amides is 2. The zero-order chi connectivity index (χ0) is 21.0.